The lowest BCUT2D eigenvalue weighted by Crippen LogP contribution is -2.56. The molecule has 29 heavy (non-hydrogen) atoms. The third kappa shape index (κ3) is 6.42. The van der Waals surface area contributed by atoms with Crippen molar-refractivity contribution in [3.05, 3.63) is 34.9 Å². The van der Waals surface area contributed by atoms with Crippen LogP contribution in [0.3, 0.4) is 0 Å². The van der Waals surface area contributed by atoms with Crippen LogP contribution in [0.4, 0.5) is 0 Å². The highest BCUT2D eigenvalue weighted by molar-refractivity contribution is 6.30. The molecule has 1 fully saturated rings. The summed E-state index contributed by atoms with van der Waals surface area (Å²) in [4.78, 5) is 36.3. The third-order valence-electron chi connectivity index (χ3n) is 5.36. The number of benzene rings is 1. The Morgan fingerprint density at radius 2 is 1.59 bits per heavy atom. The summed E-state index contributed by atoms with van der Waals surface area (Å²) >= 11 is 5.93. The van der Waals surface area contributed by atoms with Gasteiger partial charge in [0, 0.05) is 10.9 Å². The van der Waals surface area contributed by atoms with Gasteiger partial charge in [0.25, 0.3) is 5.91 Å². The molecular formula is C20H28ClN3O5. The fourth-order valence-electron chi connectivity index (χ4n) is 3.57. The van der Waals surface area contributed by atoms with Crippen molar-refractivity contribution in [3.63, 3.8) is 0 Å². The van der Waals surface area contributed by atoms with Crippen LogP contribution in [-0.4, -0.2) is 46.2 Å². The highest BCUT2D eigenvalue weighted by Crippen LogP contribution is 2.36. The smallest absolute Gasteiger partial charge is 0.268 e. The molecule has 9 heteroatoms. The van der Waals surface area contributed by atoms with E-state index in [4.69, 9.17) is 16.8 Å². The predicted molar refractivity (Wildman–Crippen MR) is 107 cm³/mol. The third-order valence-corrected chi connectivity index (χ3v) is 5.62. The average Bonchev–Trinajstić information content (AvgIpc) is 2.71. The van der Waals surface area contributed by atoms with Crippen LogP contribution in [-0.2, 0) is 14.4 Å². The van der Waals surface area contributed by atoms with E-state index in [0.29, 0.717) is 10.9 Å². The van der Waals surface area contributed by atoms with Crippen LogP contribution in [0.2, 0.25) is 5.02 Å². The summed E-state index contributed by atoms with van der Waals surface area (Å²) in [6, 6.07) is 5.56. The number of halogens is 1. The van der Waals surface area contributed by atoms with Crippen molar-refractivity contribution >= 4 is 29.3 Å². The molecule has 1 aliphatic carbocycles. The van der Waals surface area contributed by atoms with Crippen LogP contribution >= 0.6 is 11.6 Å². The molecule has 1 aromatic rings. The Morgan fingerprint density at radius 1 is 1.00 bits per heavy atom. The number of carbonyl (C=O) groups excluding carboxylic acids is 3. The van der Waals surface area contributed by atoms with E-state index in [1.807, 2.05) is 24.3 Å². The van der Waals surface area contributed by atoms with Crippen LogP contribution in [0.5, 0.6) is 0 Å². The van der Waals surface area contributed by atoms with Crippen molar-refractivity contribution < 1.29 is 24.7 Å². The number of nitrogens with one attached hydrogen (secondary N) is 3. The Kier molecular flexibility index (Phi) is 8.43. The molecule has 1 aliphatic rings. The monoisotopic (exact) mass is 425 g/mol. The largest absolute Gasteiger partial charge is 0.391 e. The molecule has 0 bridgehead atoms. The zero-order valence-electron chi connectivity index (χ0n) is 16.5. The molecule has 0 heterocycles. The molecule has 3 atom stereocenters. The fourth-order valence-corrected chi connectivity index (χ4v) is 3.70. The second-order valence-corrected chi connectivity index (χ2v) is 7.97. The molecule has 1 saturated carbocycles. The minimum atomic E-state index is -1.32. The SMILES string of the molecule is C[C@H](NC(=O)C1CCC(c2ccc(Cl)cc2)CC1)C(=O)N[C@H](C(=O)NO)[C@@H](C)O. The second-order valence-electron chi connectivity index (χ2n) is 7.53. The van der Waals surface area contributed by atoms with E-state index in [-0.39, 0.29) is 11.8 Å². The van der Waals surface area contributed by atoms with Crippen molar-refractivity contribution in [2.45, 2.75) is 63.6 Å². The minimum absolute atomic E-state index is 0.179. The van der Waals surface area contributed by atoms with Gasteiger partial charge in [0.15, 0.2) is 0 Å². The normalized spacial score (nSPS) is 22.1. The van der Waals surface area contributed by atoms with Crippen molar-refractivity contribution in [1.29, 1.82) is 0 Å². The van der Waals surface area contributed by atoms with E-state index < -0.39 is 30.0 Å². The van der Waals surface area contributed by atoms with Gasteiger partial charge < -0.3 is 15.7 Å². The van der Waals surface area contributed by atoms with E-state index in [9.17, 15) is 19.5 Å². The van der Waals surface area contributed by atoms with Crippen molar-refractivity contribution in [1.82, 2.24) is 16.1 Å². The van der Waals surface area contributed by atoms with E-state index >= 15 is 0 Å². The second kappa shape index (κ2) is 10.6. The van der Waals surface area contributed by atoms with Gasteiger partial charge in [-0.15, -0.1) is 0 Å². The first kappa shape index (κ1) is 23.1. The molecule has 0 spiro atoms. The summed E-state index contributed by atoms with van der Waals surface area (Å²) in [6.45, 7) is 2.81. The lowest BCUT2D eigenvalue weighted by molar-refractivity contribution is -0.138. The zero-order chi connectivity index (χ0) is 21.6. The Balaban J connectivity index is 1.84. The fraction of sp³-hybridized carbons (Fsp3) is 0.550. The van der Waals surface area contributed by atoms with Crippen LogP contribution in [0.1, 0.15) is 51.0 Å². The summed E-state index contributed by atoms with van der Waals surface area (Å²) in [5, 5.41) is 24.0. The van der Waals surface area contributed by atoms with Crippen molar-refractivity contribution in [3.8, 4) is 0 Å². The molecule has 0 aliphatic heterocycles. The summed E-state index contributed by atoms with van der Waals surface area (Å²) in [5.41, 5.74) is 2.61. The Bertz CT molecular complexity index is 717. The summed E-state index contributed by atoms with van der Waals surface area (Å²) in [7, 11) is 0. The molecule has 2 rings (SSSR count). The van der Waals surface area contributed by atoms with Gasteiger partial charge in [0.2, 0.25) is 11.8 Å². The number of aliphatic hydroxyl groups is 1. The molecule has 0 aromatic heterocycles. The number of amides is 3. The van der Waals surface area contributed by atoms with Gasteiger partial charge in [-0.1, -0.05) is 23.7 Å². The van der Waals surface area contributed by atoms with E-state index in [1.54, 1.807) is 0 Å². The first-order valence-electron chi connectivity index (χ1n) is 9.71. The van der Waals surface area contributed by atoms with Gasteiger partial charge >= 0.3 is 0 Å². The maximum atomic E-state index is 12.5. The minimum Gasteiger partial charge on any atom is -0.391 e. The van der Waals surface area contributed by atoms with Gasteiger partial charge in [0.1, 0.15) is 12.1 Å². The van der Waals surface area contributed by atoms with E-state index in [1.165, 1.54) is 24.9 Å². The first-order valence-corrected chi connectivity index (χ1v) is 10.1. The number of aliphatic hydroxyl groups excluding tert-OH is 1. The Labute approximate surface area is 175 Å². The molecule has 160 valence electrons. The number of carbonyl (C=O) groups is 3. The topological polar surface area (TPSA) is 128 Å². The van der Waals surface area contributed by atoms with Crippen LogP contribution < -0.4 is 16.1 Å². The van der Waals surface area contributed by atoms with Gasteiger partial charge in [0.05, 0.1) is 6.10 Å². The van der Waals surface area contributed by atoms with Crippen LogP contribution in [0.25, 0.3) is 0 Å². The van der Waals surface area contributed by atoms with Gasteiger partial charge in [-0.05, 0) is 63.1 Å². The van der Waals surface area contributed by atoms with Gasteiger partial charge in [-0.25, -0.2) is 5.48 Å². The van der Waals surface area contributed by atoms with Crippen molar-refractivity contribution in [2.75, 3.05) is 0 Å². The van der Waals surface area contributed by atoms with Crippen molar-refractivity contribution in [2.24, 2.45) is 5.92 Å². The number of hydroxylamine groups is 1. The predicted octanol–water partition coefficient (Wildman–Crippen LogP) is 1.49. The summed E-state index contributed by atoms with van der Waals surface area (Å²) in [6.07, 6.45) is 1.98. The molecule has 8 nitrogen and oxygen atoms in total. The van der Waals surface area contributed by atoms with E-state index in [2.05, 4.69) is 10.6 Å². The molecule has 0 unspecified atom stereocenters. The maximum absolute atomic E-state index is 12.5. The standard InChI is InChI=1S/C20H28ClN3O5/c1-11(18(26)23-17(12(2)25)20(28)24-29)22-19(27)15-5-3-13(4-6-15)14-7-9-16(21)10-8-14/h7-13,15,17,25,29H,3-6H2,1-2H3,(H,22,27)(H,23,26)(H,24,28)/t11-,12+,13?,15?,17-/m0/s1. The molecular weight excluding hydrogens is 398 g/mol. The first-order chi connectivity index (χ1) is 13.7. The number of rotatable bonds is 7. The lowest BCUT2D eigenvalue weighted by Gasteiger charge is -2.29. The van der Waals surface area contributed by atoms with Gasteiger partial charge in [-0.2, -0.15) is 0 Å². The number of hydrogen-bond donors (Lipinski definition) is 5. The maximum Gasteiger partial charge on any atom is 0.268 e. The van der Waals surface area contributed by atoms with E-state index in [0.717, 1.165) is 25.7 Å². The Morgan fingerprint density at radius 3 is 2.10 bits per heavy atom. The molecule has 0 radical (unpaired) electrons. The summed E-state index contributed by atoms with van der Waals surface area (Å²) in [5.74, 6) is -1.56. The van der Waals surface area contributed by atoms with Gasteiger partial charge in [-0.3, -0.25) is 19.6 Å². The van der Waals surface area contributed by atoms with Crippen LogP contribution in [0, 0.1) is 5.92 Å². The molecule has 0 saturated heterocycles. The highest BCUT2D eigenvalue weighted by atomic mass is 35.5. The molecule has 5 N–H and O–H groups in total. The lowest BCUT2D eigenvalue weighted by atomic mass is 9.78. The molecule has 3 amide bonds. The molecule has 1 aromatic carbocycles. The average molecular weight is 426 g/mol. The quantitative estimate of drug-likeness (QED) is 0.334. The summed E-state index contributed by atoms with van der Waals surface area (Å²) < 4.78 is 0. The Hall–Kier alpha value is -2.16. The van der Waals surface area contributed by atoms with Crippen LogP contribution in [0.15, 0.2) is 24.3 Å². The zero-order valence-corrected chi connectivity index (χ0v) is 17.3. The highest BCUT2D eigenvalue weighted by Gasteiger charge is 2.31. The number of hydrogen-bond acceptors (Lipinski definition) is 5.